The van der Waals surface area contributed by atoms with Crippen molar-refractivity contribution in [2.24, 2.45) is 0 Å². The van der Waals surface area contributed by atoms with Crippen LogP contribution in [0.5, 0.6) is 0 Å². The van der Waals surface area contributed by atoms with Gasteiger partial charge in [0.15, 0.2) is 6.61 Å². The SMILES string of the molecule is Cc1ccc(SCCNC(=O)COC(=O)c2ccc(Cl)s2)cc1. The molecule has 0 spiro atoms. The lowest BCUT2D eigenvalue weighted by Gasteiger charge is -2.06. The second-order valence-electron chi connectivity index (χ2n) is 4.69. The van der Waals surface area contributed by atoms with Gasteiger partial charge < -0.3 is 10.1 Å². The number of aryl methyl sites for hydroxylation is 1. The van der Waals surface area contributed by atoms with Crippen LogP contribution in [0.15, 0.2) is 41.3 Å². The number of benzene rings is 1. The van der Waals surface area contributed by atoms with Crippen LogP contribution in [0, 0.1) is 6.92 Å². The van der Waals surface area contributed by atoms with E-state index >= 15 is 0 Å². The number of halogens is 1. The maximum absolute atomic E-state index is 11.7. The number of carbonyl (C=O) groups excluding carboxylic acids is 2. The van der Waals surface area contributed by atoms with Crippen LogP contribution in [0.4, 0.5) is 0 Å². The maximum atomic E-state index is 11.7. The predicted octanol–water partition coefficient (Wildman–Crippen LogP) is 3.78. The van der Waals surface area contributed by atoms with Gasteiger partial charge >= 0.3 is 5.97 Å². The third kappa shape index (κ3) is 6.25. The molecule has 23 heavy (non-hydrogen) atoms. The van der Waals surface area contributed by atoms with Gasteiger partial charge in [0.2, 0.25) is 0 Å². The molecule has 0 fully saturated rings. The largest absolute Gasteiger partial charge is 0.451 e. The van der Waals surface area contributed by atoms with Gasteiger partial charge in [-0.1, -0.05) is 29.3 Å². The topological polar surface area (TPSA) is 55.4 Å². The molecule has 0 aliphatic heterocycles. The van der Waals surface area contributed by atoms with Crippen molar-refractivity contribution in [1.29, 1.82) is 0 Å². The van der Waals surface area contributed by atoms with E-state index in [2.05, 4.69) is 29.6 Å². The number of ether oxygens (including phenoxy) is 1. The lowest BCUT2D eigenvalue weighted by atomic mass is 10.2. The zero-order valence-corrected chi connectivity index (χ0v) is 14.9. The maximum Gasteiger partial charge on any atom is 0.348 e. The van der Waals surface area contributed by atoms with E-state index < -0.39 is 5.97 Å². The molecule has 2 aromatic rings. The molecular weight excluding hydrogens is 354 g/mol. The van der Waals surface area contributed by atoms with Gasteiger partial charge in [-0.25, -0.2) is 4.79 Å². The van der Waals surface area contributed by atoms with Gasteiger partial charge in [0.05, 0.1) is 4.34 Å². The number of esters is 1. The zero-order valence-electron chi connectivity index (χ0n) is 12.5. The molecular formula is C16H16ClNO3S2. The number of thiophene rings is 1. The average Bonchev–Trinajstić information content (AvgIpc) is 2.97. The van der Waals surface area contributed by atoms with Crippen LogP contribution >= 0.6 is 34.7 Å². The van der Waals surface area contributed by atoms with Crippen LogP contribution in [0.1, 0.15) is 15.2 Å². The molecule has 0 unspecified atom stereocenters. The van der Waals surface area contributed by atoms with Gasteiger partial charge in [0.25, 0.3) is 5.91 Å². The molecule has 4 nitrogen and oxygen atoms in total. The molecule has 0 aliphatic rings. The standard InChI is InChI=1S/C16H16ClNO3S2/c1-11-2-4-12(5-3-11)22-9-8-18-15(19)10-21-16(20)13-6-7-14(17)23-13/h2-7H,8-10H2,1H3,(H,18,19). The minimum Gasteiger partial charge on any atom is -0.451 e. The Kier molecular flexibility index (Phi) is 6.95. The first-order chi connectivity index (χ1) is 11.0. The number of rotatable bonds is 7. The monoisotopic (exact) mass is 369 g/mol. The van der Waals surface area contributed by atoms with Gasteiger partial charge in [-0.05, 0) is 31.2 Å². The summed E-state index contributed by atoms with van der Waals surface area (Å²) in [5.41, 5.74) is 1.22. The second kappa shape index (κ2) is 8.96. The van der Waals surface area contributed by atoms with Gasteiger partial charge in [0, 0.05) is 17.2 Å². The second-order valence-corrected chi connectivity index (χ2v) is 7.57. The van der Waals surface area contributed by atoms with E-state index in [-0.39, 0.29) is 12.5 Å². The molecule has 7 heteroatoms. The van der Waals surface area contributed by atoms with E-state index in [9.17, 15) is 9.59 Å². The Morgan fingerprint density at radius 3 is 2.61 bits per heavy atom. The van der Waals surface area contributed by atoms with E-state index in [0.29, 0.717) is 15.8 Å². The molecule has 0 saturated carbocycles. The van der Waals surface area contributed by atoms with E-state index in [4.69, 9.17) is 16.3 Å². The van der Waals surface area contributed by atoms with E-state index in [1.54, 1.807) is 23.9 Å². The fourth-order valence-corrected chi connectivity index (χ4v) is 3.38. The average molecular weight is 370 g/mol. The quantitative estimate of drug-likeness (QED) is 0.458. The molecule has 0 radical (unpaired) electrons. The minimum absolute atomic E-state index is 0.288. The Bertz CT molecular complexity index is 670. The van der Waals surface area contributed by atoms with Crippen molar-refractivity contribution in [2.75, 3.05) is 18.9 Å². The predicted molar refractivity (Wildman–Crippen MR) is 94.5 cm³/mol. The Morgan fingerprint density at radius 2 is 1.96 bits per heavy atom. The van der Waals surface area contributed by atoms with Crippen molar-refractivity contribution >= 4 is 46.6 Å². The first-order valence-electron chi connectivity index (χ1n) is 6.93. The van der Waals surface area contributed by atoms with Crippen LogP contribution in [-0.4, -0.2) is 30.8 Å². The van der Waals surface area contributed by atoms with Crippen molar-refractivity contribution in [1.82, 2.24) is 5.32 Å². The molecule has 0 bridgehead atoms. The van der Waals surface area contributed by atoms with Gasteiger partial charge in [-0.2, -0.15) is 0 Å². The molecule has 1 heterocycles. The van der Waals surface area contributed by atoms with Crippen molar-refractivity contribution in [3.63, 3.8) is 0 Å². The van der Waals surface area contributed by atoms with Crippen LogP contribution < -0.4 is 5.32 Å². The summed E-state index contributed by atoms with van der Waals surface area (Å²) >= 11 is 8.52. The van der Waals surface area contributed by atoms with Crippen molar-refractivity contribution < 1.29 is 14.3 Å². The third-order valence-electron chi connectivity index (χ3n) is 2.82. The number of carbonyl (C=O) groups is 2. The van der Waals surface area contributed by atoms with E-state index in [1.807, 2.05) is 6.92 Å². The molecule has 122 valence electrons. The number of nitrogens with one attached hydrogen (secondary N) is 1. The summed E-state index contributed by atoms with van der Waals surface area (Å²) in [6.45, 7) is 2.27. The number of thioether (sulfide) groups is 1. The summed E-state index contributed by atoms with van der Waals surface area (Å²) in [6.07, 6.45) is 0. The molecule has 0 atom stereocenters. The molecule has 1 amide bonds. The highest BCUT2D eigenvalue weighted by atomic mass is 35.5. The first kappa shape index (κ1) is 17.8. The van der Waals surface area contributed by atoms with Gasteiger partial charge in [-0.3, -0.25) is 4.79 Å². The fraction of sp³-hybridized carbons (Fsp3) is 0.250. The first-order valence-corrected chi connectivity index (χ1v) is 9.11. The van der Waals surface area contributed by atoms with Crippen LogP contribution in [0.2, 0.25) is 4.34 Å². The lowest BCUT2D eigenvalue weighted by molar-refractivity contribution is -0.124. The Labute approximate surface area is 148 Å². The molecule has 1 N–H and O–H groups in total. The highest BCUT2D eigenvalue weighted by Gasteiger charge is 2.12. The third-order valence-corrected chi connectivity index (χ3v) is 5.05. The summed E-state index contributed by atoms with van der Waals surface area (Å²) in [7, 11) is 0. The minimum atomic E-state index is -0.536. The van der Waals surface area contributed by atoms with Gasteiger partial charge in [0.1, 0.15) is 4.88 Å². The fourth-order valence-electron chi connectivity index (χ4n) is 1.67. The Hall–Kier alpha value is -1.50. The van der Waals surface area contributed by atoms with Crippen molar-refractivity contribution in [2.45, 2.75) is 11.8 Å². The van der Waals surface area contributed by atoms with Gasteiger partial charge in [-0.15, -0.1) is 23.1 Å². The van der Waals surface area contributed by atoms with E-state index in [0.717, 1.165) is 22.0 Å². The summed E-state index contributed by atoms with van der Waals surface area (Å²) in [4.78, 5) is 24.8. The molecule has 2 rings (SSSR count). The molecule has 0 aliphatic carbocycles. The molecule has 0 saturated heterocycles. The summed E-state index contributed by atoms with van der Waals surface area (Å²) in [5.74, 6) is -0.0971. The highest BCUT2D eigenvalue weighted by molar-refractivity contribution is 7.99. The van der Waals surface area contributed by atoms with E-state index in [1.165, 1.54) is 5.56 Å². The smallest absolute Gasteiger partial charge is 0.348 e. The van der Waals surface area contributed by atoms with Crippen molar-refractivity contribution in [3.8, 4) is 0 Å². The summed E-state index contributed by atoms with van der Waals surface area (Å²) in [5, 5.41) is 2.72. The van der Waals surface area contributed by atoms with Crippen LogP contribution in [-0.2, 0) is 9.53 Å². The van der Waals surface area contributed by atoms with Crippen LogP contribution in [0.3, 0.4) is 0 Å². The van der Waals surface area contributed by atoms with Crippen molar-refractivity contribution in [3.05, 3.63) is 51.2 Å². The zero-order chi connectivity index (χ0) is 16.7. The van der Waals surface area contributed by atoms with Crippen LogP contribution in [0.25, 0.3) is 0 Å². The summed E-state index contributed by atoms with van der Waals surface area (Å²) in [6, 6.07) is 11.4. The number of hydrogen-bond donors (Lipinski definition) is 1. The Morgan fingerprint density at radius 1 is 1.22 bits per heavy atom. The highest BCUT2D eigenvalue weighted by Crippen LogP contribution is 2.22. The normalized spacial score (nSPS) is 10.3. The lowest BCUT2D eigenvalue weighted by Crippen LogP contribution is -2.30. The molecule has 1 aromatic heterocycles. The molecule has 1 aromatic carbocycles. The summed E-state index contributed by atoms with van der Waals surface area (Å²) < 4.78 is 5.43. The Balaban J connectivity index is 1.61. The number of amides is 1. The number of hydrogen-bond acceptors (Lipinski definition) is 5.